The molecule has 0 radical (unpaired) electrons. The number of fused-ring (bicyclic) bond motifs is 7. The van der Waals surface area contributed by atoms with Crippen molar-refractivity contribution in [3.63, 3.8) is 0 Å². The molecule has 2 fully saturated rings. The lowest BCUT2D eigenvalue weighted by Gasteiger charge is -2.43. The monoisotopic (exact) mass is 497 g/mol. The zero-order chi connectivity index (χ0) is 24.8. The van der Waals surface area contributed by atoms with Gasteiger partial charge in [0.2, 0.25) is 5.91 Å². The Balaban J connectivity index is 1.59. The summed E-state index contributed by atoms with van der Waals surface area (Å²) in [5, 5.41) is 6.69. The molecule has 4 aliphatic heterocycles. The Labute approximate surface area is 213 Å². The number of benzene rings is 3. The Kier molecular flexibility index (Phi) is 4.40. The average molecular weight is 498 g/mol. The summed E-state index contributed by atoms with van der Waals surface area (Å²) in [6.07, 6.45) is 1.59. The minimum Gasteiger partial charge on any atom is -0.325 e. The molecule has 0 aromatic heterocycles. The van der Waals surface area contributed by atoms with Crippen LogP contribution in [0.2, 0.25) is 5.02 Å². The van der Waals surface area contributed by atoms with Gasteiger partial charge in [0.25, 0.3) is 5.91 Å². The van der Waals surface area contributed by atoms with E-state index in [4.69, 9.17) is 11.6 Å². The average Bonchev–Trinajstić information content (AvgIpc) is 3.58. The molecular weight excluding hydrogens is 474 g/mol. The van der Waals surface area contributed by atoms with Crippen molar-refractivity contribution in [2.24, 2.45) is 5.92 Å². The summed E-state index contributed by atoms with van der Waals surface area (Å²) in [4.78, 5) is 45.3. The van der Waals surface area contributed by atoms with Crippen molar-refractivity contribution in [2.45, 2.75) is 36.8 Å². The van der Waals surface area contributed by atoms with Gasteiger partial charge in [-0.05, 0) is 68.3 Å². The first-order valence-electron chi connectivity index (χ1n) is 12.3. The number of para-hydroxylation sites is 1. The Morgan fingerprint density at radius 1 is 0.944 bits per heavy atom. The van der Waals surface area contributed by atoms with Gasteiger partial charge in [0, 0.05) is 33.6 Å². The van der Waals surface area contributed by atoms with Crippen LogP contribution in [0.5, 0.6) is 0 Å². The molecular formula is C29H24ClN3O3. The number of aryl methyl sites for hydroxylation is 1. The molecule has 3 aromatic carbocycles. The van der Waals surface area contributed by atoms with Crippen molar-refractivity contribution >= 4 is 40.6 Å². The van der Waals surface area contributed by atoms with Gasteiger partial charge in [0.1, 0.15) is 11.0 Å². The zero-order valence-electron chi connectivity index (χ0n) is 19.7. The second-order valence-corrected chi connectivity index (χ2v) is 10.7. The quantitative estimate of drug-likeness (QED) is 0.505. The summed E-state index contributed by atoms with van der Waals surface area (Å²) in [5.74, 6) is -1.42. The van der Waals surface area contributed by atoms with E-state index >= 15 is 0 Å². The molecule has 7 rings (SSSR count). The SMILES string of the molecule is Cc1ccc2c(c1)[C@]1(C(=O)N2)N2CCC[C@@H]2[C@@H](C(=O)c2ccc(Cl)cc2)[C@@]12C(=O)Nc1ccccc12. The number of Topliss-reactive ketones (excluding diaryl/α,β-unsaturated/α-hetero) is 1. The number of carbonyl (C=O) groups excluding carboxylic acids is 3. The third kappa shape index (κ3) is 2.39. The number of ketones is 1. The first kappa shape index (κ1) is 21.8. The minimum atomic E-state index is -1.42. The van der Waals surface area contributed by atoms with Crippen molar-refractivity contribution in [2.75, 3.05) is 17.2 Å². The van der Waals surface area contributed by atoms with Crippen LogP contribution in [0, 0.1) is 12.8 Å². The summed E-state index contributed by atoms with van der Waals surface area (Å²) < 4.78 is 0. The normalized spacial score (nSPS) is 29.8. The Morgan fingerprint density at radius 2 is 1.67 bits per heavy atom. The number of halogens is 1. The van der Waals surface area contributed by atoms with Crippen molar-refractivity contribution in [1.29, 1.82) is 0 Å². The van der Waals surface area contributed by atoms with Gasteiger partial charge in [-0.1, -0.05) is 47.5 Å². The van der Waals surface area contributed by atoms with Crippen LogP contribution in [0.3, 0.4) is 0 Å². The molecule has 0 unspecified atom stereocenters. The van der Waals surface area contributed by atoms with Crippen LogP contribution in [0.4, 0.5) is 11.4 Å². The fourth-order valence-electron chi connectivity index (χ4n) is 7.49. The summed E-state index contributed by atoms with van der Waals surface area (Å²) in [5.41, 5.74) is 1.58. The molecule has 7 heteroatoms. The van der Waals surface area contributed by atoms with E-state index in [-0.39, 0.29) is 23.6 Å². The number of anilines is 2. The number of carbonyl (C=O) groups is 3. The molecule has 0 bridgehead atoms. The number of hydrogen-bond acceptors (Lipinski definition) is 4. The van der Waals surface area contributed by atoms with E-state index in [1.54, 1.807) is 24.3 Å². The number of amides is 2. The van der Waals surface area contributed by atoms with Gasteiger partial charge >= 0.3 is 0 Å². The number of nitrogens with zero attached hydrogens (tertiary/aromatic N) is 1. The third-order valence-electron chi connectivity index (χ3n) is 8.66. The molecule has 36 heavy (non-hydrogen) atoms. The molecule has 2 amide bonds. The fourth-order valence-corrected chi connectivity index (χ4v) is 7.61. The minimum absolute atomic E-state index is 0.138. The van der Waals surface area contributed by atoms with E-state index in [2.05, 4.69) is 15.5 Å². The topological polar surface area (TPSA) is 78.5 Å². The lowest BCUT2D eigenvalue weighted by molar-refractivity contribution is -0.137. The van der Waals surface area contributed by atoms with Crippen LogP contribution in [0.1, 0.15) is 39.9 Å². The highest BCUT2D eigenvalue weighted by atomic mass is 35.5. The van der Waals surface area contributed by atoms with Crippen LogP contribution in [-0.4, -0.2) is 35.1 Å². The predicted octanol–water partition coefficient (Wildman–Crippen LogP) is 4.66. The van der Waals surface area contributed by atoms with Crippen molar-refractivity contribution in [3.05, 3.63) is 94.0 Å². The van der Waals surface area contributed by atoms with Crippen molar-refractivity contribution < 1.29 is 14.4 Å². The summed E-state index contributed by atoms with van der Waals surface area (Å²) >= 11 is 6.13. The second-order valence-electron chi connectivity index (χ2n) is 10.3. The molecule has 180 valence electrons. The van der Waals surface area contributed by atoms with Gasteiger partial charge in [-0.25, -0.2) is 0 Å². The van der Waals surface area contributed by atoms with Crippen LogP contribution >= 0.6 is 11.6 Å². The van der Waals surface area contributed by atoms with Crippen molar-refractivity contribution in [1.82, 2.24) is 4.90 Å². The predicted molar refractivity (Wildman–Crippen MR) is 137 cm³/mol. The Bertz CT molecular complexity index is 1490. The largest absolute Gasteiger partial charge is 0.325 e. The van der Waals surface area contributed by atoms with Gasteiger partial charge in [-0.15, -0.1) is 0 Å². The van der Waals surface area contributed by atoms with Gasteiger partial charge in [-0.2, -0.15) is 0 Å². The van der Waals surface area contributed by atoms with Crippen LogP contribution in [0.25, 0.3) is 0 Å². The van der Waals surface area contributed by atoms with Crippen LogP contribution in [-0.2, 0) is 20.5 Å². The smallest absolute Gasteiger partial charge is 0.251 e. The first-order chi connectivity index (χ1) is 17.4. The standard InChI is InChI=1S/C29H24ClN3O3/c1-16-8-13-22-20(15-16)29(27(36)32-22)28(19-5-2-3-6-21(19)31-26(28)35)24(23-7-4-14-33(23)29)25(34)17-9-11-18(30)12-10-17/h2-3,5-6,8-13,15,23-24H,4,7,14H2,1H3,(H,31,35)(H,32,36)/t23-,24+,28+,29-/m1/s1. The molecule has 4 atom stereocenters. The Morgan fingerprint density at radius 3 is 2.47 bits per heavy atom. The molecule has 2 spiro atoms. The summed E-state index contributed by atoms with van der Waals surface area (Å²) in [6.45, 7) is 2.62. The van der Waals surface area contributed by atoms with E-state index in [9.17, 15) is 14.4 Å². The molecule has 0 aliphatic carbocycles. The van der Waals surface area contributed by atoms with Gasteiger partial charge < -0.3 is 10.6 Å². The fraction of sp³-hybridized carbons (Fsp3) is 0.276. The van der Waals surface area contributed by atoms with E-state index in [0.29, 0.717) is 34.1 Å². The number of rotatable bonds is 2. The van der Waals surface area contributed by atoms with E-state index in [1.165, 1.54) is 0 Å². The molecule has 2 N–H and O–H groups in total. The highest BCUT2D eigenvalue weighted by Crippen LogP contribution is 2.67. The van der Waals surface area contributed by atoms with Crippen LogP contribution in [0.15, 0.2) is 66.7 Å². The van der Waals surface area contributed by atoms with E-state index < -0.39 is 16.9 Å². The second kappa shape index (κ2) is 7.28. The summed E-state index contributed by atoms with van der Waals surface area (Å²) in [6, 6.07) is 19.9. The van der Waals surface area contributed by atoms with Crippen LogP contribution < -0.4 is 10.6 Å². The molecule has 0 saturated carbocycles. The first-order valence-corrected chi connectivity index (χ1v) is 12.7. The maximum absolute atomic E-state index is 14.5. The van der Waals surface area contributed by atoms with E-state index in [1.807, 2.05) is 49.4 Å². The Hall–Kier alpha value is -3.48. The summed E-state index contributed by atoms with van der Waals surface area (Å²) in [7, 11) is 0. The molecule has 4 heterocycles. The maximum Gasteiger partial charge on any atom is 0.251 e. The van der Waals surface area contributed by atoms with E-state index in [0.717, 1.165) is 24.0 Å². The maximum atomic E-state index is 14.5. The third-order valence-corrected chi connectivity index (χ3v) is 8.92. The molecule has 2 saturated heterocycles. The molecule has 3 aromatic rings. The van der Waals surface area contributed by atoms with Crippen molar-refractivity contribution in [3.8, 4) is 0 Å². The lowest BCUT2D eigenvalue weighted by Crippen LogP contribution is -2.62. The zero-order valence-corrected chi connectivity index (χ0v) is 20.4. The van der Waals surface area contributed by atoms with Gasteiger partial charge in [0.15, 0.2) is 5.78 Å². The number of nitrogens with one attached hydrogen (secondary N) is 2. The molecule has 6 nitrogen and oxygen atoms in total. The highest BCUT2D eigenvalue weighted by Gasteiger charge is 2.81. The number of hydrogen-bond donors (Lipinski definition) is 2. The lowest BCUT2D eigenvalue weighted by atomic mass is 9.57. The van der Waals surface area contributed by atoms with Gasteiger partial charge in [0.05, 0.1) is 5.92 Å². The van der Waals surface area contributed by atoms with Gasteiger partial charge in [-0.3, -0.25) is 19.3 Å². The molecule has 4 aliphatic rings. The highest BCUT2D eigenvalue weighted by molar-refractivity contribution is 6.30.